The number of hydroxylamine groups is 1. The van der Waals surface area contributed by atoms with Gasteiger partial charge in [0.25, 0.3) is 5.91 Å². The molecule has 2 atom stereocenters. The fourth-order valence-corrected chi connectivity index (χ4v) is 3.49. The molecule has 2 aliphatic carbocycles. The zero-order valence-corrected chi connectivity index (χ0v) is 14.7. The molecule has 3 N–H and O–H groups in total. The van der Waals surface area contributed by atoms with E-state index in [2.05, 4.69) is 36.2 Å². The summed E-state index contributed by atoms with van der Waals surface area (Å²) in [5.41, 5.74) is 6.67. The van der Waals surface area contributed by atoms with E-state index < -0.39 is 5.91 Å². The van der Waals surface area contributed by atoms with Gasteiger partial charge in [-0.05, 0) is 47.4 Å². The van der Waals surface area contributed by atoms with Crippen molar-refractivity contribution in [3.05, 3.63) is 77.4 Å². The molecule has 0 saturated heterocycles. The minimum atomic E-state index is -0.579. The van der Waals surface area contributed by atoms with Gasteiger partial charge in [0, 0.05) is 24.1 Å². The third-order valence-corrected chi connectivity index (χ3v) is 5.45. The minimum Gasteiger partial charge on any atom is -0.309 e. The smallest absolute Gasteiger partial charge is 0.274 e. The molecule has 0 radical (unpaired) electrons. The Hall–Kier alpha value is -2.43. The number of carbonyl (C=O) groups is 1. The monoisotopic (exact) mass is 348 g/mol. The number of benzene rings is 2. The van der Waals surface area contributed by atoms with Crippen molar-refractivity contribution in [1.29, 1.82) is 0 Å². The summed E-state index contributed by atoms with van der Waals surface area (Å²) in [6, 6.07) is 17.4. The van der Waals surface area contributed by atoms with Crippen LogP contribution in [0.2, 0.25) is 0 Å². The Morgan fingerprint density at radius 3 is 2.31 bits per heavy atom. The number of hydrogen-bond donors (Lipinski definition) is 3. The van der Waals surface area contributed by atoms with Crippen molar-refractivity contribution in [2.24, 2.45) is 0 Å². The van der Waals surface area contributed by atoms with Crippen LogP contribution in [0.4, 0.5) is 0 Å². The van der Waals surface area contributed by atoms with E-state index in [0.29, 0.717) is 17.5 Å². The lowest BCUT2D eigenvalue weighted by Crippen LogP contribution is -2.19. The van der Waals surface area contributed by atoms with Gasteiger partial charge in [-0.15, -0.1) is 0 Å². The highest BCUT2D eigenvalue weighted by Crippen LogP contribution is 2.43. The van der Waals surface area contributed by atoms with Crippen LogP contribution in [0, 0.1) is 0 Å². The third kappa shape index (κ3) is 3.71. The average molecular weight is 348 g/mol. The largest absolute Gasteiger partial charge is 0.309 e. The standard InChI is InChI=1S/C22H24N2O2/c1-14(22(25)24-26)16-4-2-15(3-5-16)13-23-21-12-20(21)19-10-8-18(9-11-19)17-6-7-17/h2-5,8-11,17,20-21,23,26H,1,6-7,12-13H2,(H,24,25). The molecule has 2 unspecified atom stereocenters. The Bertz CT molecular complexity index is 807. The summed E-state index contributed by atoms with van der Waals surface area (Å²) in [5, 5.41) is 12.3. The highest BCUT2D eigenvalue weighted by molar-refractivity contribution is 6.18. The van der Waals surface area contributed by atoms with Gasteiger partial charge in [0.05, 0.1) is 0 Å². The first kappa shape index (κ1) is 17.0. The van der Waals surface area contributed by atoms with Crippen molar-refractivity contribution < 1.29 is 10.0 Å². The van der Waals surface area contributed by atoms with Crippen LogP contribution >= 0.6 is 0 Å². The van der Waals surface area contributed by atoms with Crippen molar-refractivity contribution in [2.45, 2.75) is 43.7 Å². The van der Waals surface area contributed by atoms with Crippen LogP contribution in [0.1, 0.15) is 53.4 Å². The topological polar surface area (TPSA) is 61.4 Å². The summed E-state index contributed by atoms with van der Waals surface area (Å²) in [5.74, 6) is 0.861. The zero-order valence-electron chi connectivity index (χ0n) is 14.7. The predicted molar refractivity (Wildman–Crippen MR) is 102 cm³/mol. The molecule has 2 aliphatic rings. The molecule has 2 saturated carbocycles. The second kappa shape index (κ2) is 7.06. The first-order valence-corrected chi connectivity index (χ1v) is 9.21. The minimum absolute atomic E-state index is 0.254. The third-order valence-electron chi connectivity index (χ3n) is 5.45. The van der Waals surface area contributed by atoms with Crippen LogP contribution < -0.4 is 10.8 Å². The molecule has 2 aromatic carbocycles. The number of nitrogens with one attached hydrogen (secondary N) is 2. The normalized spacial score (nSPS) is 21.3. The van der Waals surface area contributed by atoms with E-state index in [0.717, 1.165) is 12.5 Å². The van der Waals surface area contributed by atoms with Crippen molar-refractivity contribution in [1.82, 2.24) is 10.8 Å². The van der Waals surface area contributed by atoms with Gasteiger partial charge in [0.15, 0.2) is 0 Å². The molecular weight excluding hydrogens is 324 g/mol. The van der Waals surface area contributed by atoms with Gasteiger partial charge in [-0.2, -0.15) is 0 Å². The summed E-state index contributed by atoms with van der Waals surface area (Å²) in [6.45, 7) is 4.49. The SMILES string of the molecule is C=C(C(=O)NO)c1ccc(CNC2CC2c2ccc(C3CC3)cc2)cc1. The van der Waals surface area contributed by atoms with E-state index in [1.165, 1.54) is 36.0 Å². The van der Waals surface area contributed by atoms with Crippen LogP contribution in [-0.2, 0) is 11.3 Å². The summed E-state index contributed by atoms with van der Waals surface area (Å²) in [6.07, 6.45) is 3.89. The van der Waals surface area contributed by atoms with Crippen LogP contribution in [0.15, 0.2) is 55.1 Å². The molecule has 4 heteroatoms. The zero-order chi connectivity index (χ0) is 18.1. The van der Waals surface area contributed by atoms with E-state index in [1.807, 2.05) is 24.3 Å². The Morgan fingerprint density at radius 1 is 1.04 bits per heavy atom. The molecule has 0 heterocycles. The summed E-state index contributed by atoms with van der Waals surface area (Å²) in [7, 11) is 0. The van der Waals surface area contributed by atoms with E-state index in [4.69, 9.17) is 5.21 Å². The molecule has 134 valence electrons. The highest BCUT2D eigenvalue weighted by Gasteiger charge is 2.37. The molecule has 0 bridgehead atoms. The van der Waals surface area contributed by atoms with Crippen LogP contribution in [0.5, 0.6) is 0 Å². The predicted octanol–water partition coefficient (Wildman–Crippen LogP) is 3.73. The van der Waals surface area contributed by atoms with Gasteiger partial charge < -0.3 is 5.32 Å². The van der Waals surface area contributed by atoms with Crippen molar-refractivity contribution in [3.63, 3.8) is 0 Å². The average Bonchev–Trinajstić information content (AvgIpc) is 3.59. The first-order chi connectivity index (χ1) is 12.7. The van der Waals surface area contributed by atoms with Crippen molar-refractivity contribution in [3.8, 4) is 0 Å². The summed E-state index contributed by atoms with van der Waals surface area (Å²) in [4.78, 5) is 11.4. The van der Waals surface area contributed by atoms with Gasteiger partial charge in [-0.1, -0.05) is 55.1 Å². The van der Waals surface area contributed by atoms with Gasteiger partial charge in [-0.3, -0.25) is 10.0 Å². The van der Waals surface area contributed by atoms with Gasteiger partial charge in [0.2, 0.25) is 0 Å². The molecule has 4 nitrogen and oxygen atoms in total. The molecule has 2 fully saturated rings. The molecular formula is C22H24N2O2. The Kier molecular flexibility index (Phi) is 4.62. The second-order valence-corrected chi connectivity index (χ2v) is 7.39. The molecule has 1 amide bonds. The van der Waals surface area contributed by atoms with Crippen LogP contribution in [0.3, 0.4) is 0 Å². The molecule has 0 aromatic heterocycles. The first-order valence-electron chi connectivity index (χ1n) is 9.21. The lowest BCUT2D eigenvalue weighted by Gasteiger charge is -2.08. The number of carbonyl (C=O) groups excluding carboxylic acids is 1. The van der Waals surface area contributed by atoms with Crippen LogP contribution in [-0.4, -0.2) is 17.2 Å². The Balaban J connectivity index is 1.28. The maximum Gasteiger partial charge on any atom is 0.274 e. The molecule has 4 rings (SSSR count). The lowest BCUT2D eigenvalue weighted by atomic mass is 10.0. The second-order valence-electron chi connectivity index (χ2n) is 7.39. The number of amides is 1. The Morgan fingerprint density at radius 2 is 1.69 bits per heavy atom. The fraction of sp³-hybridized carbons (Fsp3) is 0.318. The molecule has 0 aliphatic heterocycles. The van der Waals surface area contributed by atoms with Crippen LogP contribution in [0.25, 0.3) is 5.57 Å². The maximum atomic E-state index is 11.4. The number of hydrogen-bond acceptors (Lipinski definition) is 3. The quantitative estimate of drug-likeness (QED) is 0.406. The van der Waals surface area contributed by atoms with Gasteiger partial charge in [-0.25, -0.2) is 5.48 Å². The number of rotatable bonds is 7. The van der Waals surface area contributed by atoms with E-state index in [-0.39, 0.29) is 5.57 Å². The summed E-state index contributed by atoms with van der Waals surface area (Å²) < 4.78 is 0. The van der Waals surface area contributed by atoms with E-state index in [1.54, 1.807) is 5.48 Å². The highest BCUT2D eigenvalue weighted by atomic mass is 16.5. The van der Waals surface area contributed by atoms with E-state index >= 15 is 0 Å². The van der Waals surface area contributed by atoms with Crippen molar-refractivity contribution >= 4 is 11.5 Å². The fourth-order valence-electron chi connectivity index (χ4n) is 3.49. The van der Waals surface area contributed by atoms with Gasteiger partial charge in [0.1, 0.15) is 0 Å². The van der Waals surface area contributed by atoms with Crippen molar-refractivity contribution in [2.75, 3.05) is 0 Å². The molecule has 26 heavy (non-hydrogen) atoms. The molecule has 2 aromatic rings. The van der Waals surface area contributed by atoms with E-state index in [9.17, 15) is 4.79 Å². The Labute approximate surface area is 153 Å². The maximum absolute atomic E-state index is 11.4. The van der Waals surface area contributed by atoms with Gasteiger partial charge >= 0.3 is 0 Å². The molecule has 0 spiro atoms. The summed E-state index contributed by atoms with van der Waals surface area (Å²) >= 11 is 0. The lowest BCUT2D eigenvalue weighted by molar-refractivity contribution is -0.123.